The number of nitrogens with zero attached hydrogens (tertiary/aromatic N) is 2. The summed E-state index contributed by atoms with van der Waals surface area (Å²) in [6.45, 7) is 11.7. The lowest BCUT2D eigenvalue weighted by atomic mass is 10.1. The Morgan fingerprint density at radius 2 is 1.55 bits per heavy atom. The molecule has 0 heterocycles. The number of sulfonamides is 1. The summed E-state index contributed by atoms with van der Waals surface area (Å²) >= 11 is 0. The van der Waals surface area contributed by atoms with Gasteiger partial charge < -0.3 is 10.2 Å². The van der Waals surface area contributed by atoms with Gasteiger partial charge in [-0.1, -0.05) is 86.5 Å². The fourth-order valence-electron chi connectivity index (χ4n) is 4.45. The Kier molecular flexibility index (Phi) is 10.5. The predicted molar refractivity (Wildman–Crippen MR) is 161 cm³/mol. The van der Waals surface area contributed by atoms with Crippen molar-refractivity contribution in [1.82, 2.24) is 10.2 Å². The third-order valence-corrected chi connectivity index (χ3v) is 8.59. The first kappa shape index (κ1) is 30.9. The number of benzene rings is 3. The highest BCUT2D eigenvalue weighted by Gasteiger charge is 2.33. The number of anilines is 1. The van der Waals surface area contributed by atoms with Gasteiger partial charge in [0.25, 0.3) is 10.0 Å². The third-order valence-electron chi connectivity index (χ3n) is 6.82. The van der Waals surface area contributed by atoms with Gasteiger partial charge in [-0.2, -0.15) is 0 Å². The van der Waals surface area contributed by atoms with Crippen molar-refractivity contribution in [2.75, 3.05) is 17.4 Å². The maximum absolute atomic E-state index is 14.1. The Morgan fingerprint density at radius 3 is 2.17 bits per heavy atom. The second-order valence-corrected chi connectivity index (χ2v) is 12.5. The van der Waals surface area contributed by atoms with Crippen molar-refractivity contribution in [2.45, 2.75) is 65.4 Å². The molecule has 1 atom stereocenters. The number of rotatable bonds is 12. The van der Waals surface area contributed by atoms with Gasteiger partial charge in [0.1, 0.15) is 12.6 Å². The van der Waals surface area contributed by atoms with Gasteiger partial charge in [-0.25, -0.2) is 8.42 Å². The average molecular weight is 564 g/mol. The Hall–Kier alpha value is -3.65. The summed E-state index contributed by atoms with van der Waals surface area (Å²) in [6, 6.07) is 20.7. The van der Waals surface area contributed by atoms with Gasteiger partial charge in [0.2, 0.25) is 11.8 Å². The highest BCUT2D eigenvalue weighted by molar-refractivity contribution is 7.92. The van der Waals surface area contributed by atoms with Crippen molar-refractivity contribution >= 4 is 27.5 Å². The monoisotopic (exact) mass is 563 g/mol. The minimum Gasteiger partial charge on any atom is -0.354 e. The zero-order valence-corrected chi connectivity index (χ0v) is 25.2. The van der Waals surface area contributed by atoms with Gasteiger partial charge in [-0.3, -0.25) is 13.9 Å². The van der Waals surface area contributed by atoms with E-state index in [2.05, 4.69) is 5.32 Å². The first-order chi connectivity index (χ1) is 18.9. The van der Waals surface area contributed by atoms with Crippen LogP contribution >= 0.6 is 0 Å². The first-order valence-electron chi connectivity index (χ1n) is 13.7. The van der Waals surface area contributed by atoms with E-state index < -0.39 is 28.5 Å². The molecule has 0 bridgehead atoms. The van der Waals surface area contributed by atoms with Gasteiger partial charge in [0.15, 0.2) is 0 Å². The van der Waals surface area contributed by atoms with Crippen LogP contribution < -0.4 is 9.62 Å². The molecule has 3 aromatic carbocycles. The molecule has 0 fully saturated rings. The molecule has 3 aromatic rings. The minimum atomic E-state index is -4.09. The molecule has 0 aliphatic rings. The van der Waals surface area contributed by atoms with E-state index in [4.69, 9.17) is 0 Å². The molecule has 0 aliphatic carbocycles. The molecular formula is C32H41N3O4S. The fourth-order valence-corrected chi connectivity index (χ4v) is 5.90. The Bertz CT molecular complexity index is 1420. The number of para-hydroxylation sites is 1. The molecule has 0 aromatic heterocycles. The van der Waals surface area contributed by atoms with Crippen molar-refractivity contribution in [1.29, 1.82) is 0 Å². The minimum absolute atomic E-state index is 0.102. The van der Waals surface area contributed by atoms with Gasteiger partial charge in [0, 0.05) is 13.1 Å². The zero-order valence-electron chi connectivity index (χ0n) is 24.3. The lowest BCUT2D eigenvalue weighted by Gasteiger charge is -2.32. The molecule has 8 heteroatoms. The second-order valence-electron chi connectivity index (χ2n) is 10.6. The standard InChI is InChI=1S/C32H41N3O4S/c1-7-28-13-8-9-14-30(28)35(40(38,39)29-17-15-24(4)16-18-29)22-31(36)34(21-27-12-10-11-25(5)19-27)26(6)32(37)33-20-23(2)3/h8-19,23,26H,7,20-22H2,1-6H3,(H,33,37)/t26-/m1/s1. The van der Waals surface area contributed by atoms with Crippen LogP contribution in [0.1, 0.15) is 49.9 Å². The Balaban J connectivity index is 2.05. The van der Waals surface area contributed by atoms with Crippen LogP contribution in [0.5, 0.6) is 0 Å². The largest absolute Gasteiger partial charge is 0.354 e. The van der Waals surface area contributed by atoms with E-state index in [0.717, 1.165) is 22.3 Å². The molecule has 214 valence electrons. The van der Waals surface area contributed by atoms with Crippen LogP contribution in [0.15, 0.2) is 77.7 Å². The maximum atomic E-state index is 14.1. The van der Waals surface area contributed by atoms with E-state index >= 15 is 0 Å². The summed E-state index contributed by atoms with van der Waals surface area (Å²) in [5.74, 6) is -0.496. The number of nitrogens with one attached hydrogen (secondary N) is 1. The summed E-state index contributed by atoms with van der Waals surface area (Å²) in [5.41, 5.74) is 4.08. The molecule has 7 nitrogen and oxygen atoms in total. The summed E-state index contributed by atoms with van der Waals surface area (Å²) < 4.78 is 29.2. The predicted octanol–water partition coefficient (Wildman–Crippen LogP) is 5.25. The van der Waals surface area contributed by atoms with Gasteiger partial charge in [0.05, 0.1) is 10.6 Å². The smallest absolute Gasteiger partial charge is 0.264 e. The molecule has 0 aliphatic heterocycles. The number of amides is 2. The van der Waals surface area contributed by atoms with E-state index in [0.29, 0.717) is 18.7 Å². The molecule has 0 spiro atoms. The van der Waals surface area contributed by atoms with Crippen LogP contribution in [-0.4, -0.2) is 44.3 Å². The SMILES string of the molecule is CCc1ccccc1N(CC(=O)N(Cc1cccc(C)c1)[C@H](C)C(=O)NCC(C)C)S(=O)(=O)c1ccc(C)cc1. The summed E-state index contributed by atoms with van der Waals surface area (Å²) in [6.07, 6.45) is 0.589. The van der Waals surface area contributed by atoms with Crippen molar-refractivity contribution in [2.24, 2.45) is 5.92 Å². The molecule has 40 heavy (non-hydrogen) atoms. The van der Waals surface area contributed by atoms with E-state index in [-0.39, 0.29) is 23.3 Å². The van der Waals surface area contributed by atoms with E-state index in [9.17, 15) is 18.0 Å². The molecule has 2 amide bonds. The maximum Gasteiger partial charge on any atom is 0.264 e. The quantitative estimate of drug-likeness (QED) is 0.326. The average Bonchev–Trinajstić information content (AvgIpc) is 2.93. The normalized spacial score (nSPS) is 12.2. The van der Waals surface area contributed by atoms with Gasteiger partial charge >= 0.3 is 0 Å². The van der Waals surface area contributed by atoms with Crippen molar-refractivity contribution in [3.63, 3.8) is 0 Å². The number of carbonyl (C=O) groups is 2. The number of carbonyl (C=O) groups excluding carboxylic acids is 2. The lowest BCUT2D eigenvalue weighted by molar-refractivity contribution is -0.139. The molecule has 0 unspecified atom stereocenters. The van der Waals surface area contributed by atoms with Crippen LogP contribution in [-0.2, 0) is 32.6 Å². The highest BCUT2D eigenvalue weighted by Crippen LogP contribution is 2.28. The molecular weight excluding hydrogens is 522 g/mol. The number of aryl methyl sites for hydroxylation is 3. The van der Waals surface area contributed by atoms with Crippen molar-refractivity contribution in [3.8, 4) is 0 Å². The van der Waals surface area contributed by atoms with E-state index in [1.165, 1.54) is 9.21 Å². The molecule has 0 radical (unpaired) electrons. The fraction of sp³-hybridized carbons (Fsp3) is 0.375. The summed E-state index contributed by atoms with van der Waals surface area (Å²) in [4.78, 5) is 28.8. The van der Waals surface area contributed by atoms with Crippen LogP contribution in [0.2, 0.25) is 0 Å². The number of hydrogen-bond donors (Lipinski definition) is 1. The molecule has 3 rings (SSSR count). The topological polar surface area (TPSA) is 86.8 Å². The lowest BCUT2D eigenvalue weighted by Crippen LogP contribution is -2.51. The molecule has 1 N–H and O–H groups in total. The highest BCUT2D eigenvalue weighted by atomic mass is 32.2. The van der Waals surface area contributed by atoms with E-state index in [1.807, 2.05) is 71.0 Å². The summed E-state index contributed by atoms with van der Waals surface area (Å²) in [5, 5.41) is 2.91. The third kappa shape index (κ3) is 7.72. The Labute approximate surface area is 239 Å². The molecule has 0 saturated heterocycles. The van der Waals surface area contributed by atoms with Crippen LogP contribution in [0, 0.1) is 19.8 Å². The Morgan fingerprint density at radius 1 is 0.875 bits per heavy atom. The van der Waals surface area contributed by atoms with Crippen LogP contribution in [0.25, 0.3) is 0 Å². The van der Waals surface area contributed by atoms with Crippen LogP contribution in [0.3, 0.4) is 0 Å². The summed E-state index contributed by atoms with van der Waals surface area (Å²) in [7, 11) is -4.09. The first-order valence-corrected chi connectivity index (χ1v) is 15.2. The number of hydrogen-bond acceptors (Lipinski definition) is 4. The van der Waals surface area contributed by atoms with Crippen LogP contribution in [0.4, 0.5) is 5.69 Å². The van der Waals surface area contributed by atoms with Crippen molar-refractivity contribution in [3.05, 3.63) is 95.1 Å². The van der Waals surface area contributed by atoms with Gasteiger partial charge in [-0.05, 0) is 62.4 Å². The second kappa shape index (κ2) is 13.6. The van der Waals surface area contributed by atoms with Gasteiger partial charge in [-0.15, -0.1) is 0 Å². The molecule has 0 saturated carbocycles. The van der Waals surface area contributed by atoms with Crippen molar-refractivity contribution < 1.29 is 18.0 Å². The van der Waals surface area contributed by atoms with E-state index in [1.54, 1.807) is 43.3 Å². The zero-order chi connectivity index (χ0) is 29.4.